The third-order valence-corrected chi connectivity index (χ3v) is 3.94. The summed E-state index contributed by atoms with van der Waals surface area (Å²) in [4.78, 5) is 0. The molecule has 0 spiro atoms. The van der Waals surface area contributed by atoms with Gasteiger partial charge in [0.1, 0.15) is 11.9 Å². The Bertz CT molecular complexity index is 482. The molecule has 1 fully saturated rings. The lowest BCUT2D eigenvalue weighted by Crippen LogP contribution is -2.30. The number of hydrogen-bond acceptors (Lipinski definition) is 2. The number of hydrogen-bond donors (Lipinski definition) is 2. The molecule has 0 aliphatic heterocycles. The quantitative estimate of drug-likeness (QED) is 0.655. The van der Waals surface area contributed by atoms with Gasteiger partial charge in [-0.15, -0.1) is 0 Å². The summed E-state index contributed by atoms with van der Waals surface area (Å²) in [5.74, 6) is -1.96. The highest BCUT2D eigenvalue weighted by Crippen LogP contribution is 2.33. The van der Waals surface area contributed by atoms with Crippen molar-refractivity contribution in [3.63, 3.8) is 0 Å². The van der Waals surface area contributed by atoms with E-state index in [1.165, 1.54) is 0 Å². The van der Waals surface area contributed by atoms with Crippen LogP contribution in [0.5, 0.6) is 5.75 Å². The van der Waals surface area contributed by atoms with Crippen LogP contribution >= 0.6 is 0 Å². The van der Waals surface area contributed by atoms with E-state index < -0.39 is 11.6 Å². The number of nitrogens with two attached hydrogens (primary N) is 1. The minimum absolute atomic E-state index is 0.0306. The first-order valence-electron chi connectivity index (χ1n) is 7.03. The lowest BCUT2D eigenvalue weighted by Gasteiger charge is -2.31. The van der Waals surface area contributed by atoms with Crippen LogP contribution in [0.25, 0.3) is 0 Å². The van der Waals surface area contributed by atoms with E-state index in [4.69, 9.17) is 15.9 Å². The van der Waals surface area contributed by atoms with E-state index in [2.05, 4.69) is 6.92 Å². The molecule has 0 saturated heterocycles. The van der Waals surface area contributed by atoms with Crippen molar-refractivity contribution >= 4 is 5.84 Å². The normalized spacial score (nSPS) is 22.6. The molecule has 2 rings (SSSR count). The molecule has 0 aromatic heterocycles. The van der Waals surface area contributed by atoms with Crippen LogP contribution in [0.4, 0.5) is 8.78 Å². The van der Waals surface area contributed by atoms with E-state index in [1.54, 1.807) is 0 Å². The molecule has 1 saturated carbocycles. The van der Waals surface area contributed by atoms with Crippen molar-refractivity contribution in [1.29, 1.82) is 5.41 Å². The maximum absolute atomic E-state index is 13.9. The third-order valence-electron chi connectivity index (χ3n) is 3.94. The Hall–Kier alpha value is -1.65. The Kier molecular flexibility index (Phi) is 4.57. The number of nitrogen functional groups attached to an aromatic ring is 1. The summed E-state index contributed by atoms with van der Waals surface area (Å²) < 4.78 is 33.5. The minimum Gasteiger partial charge on any atom is -0.484 e. The Labute approximate surface area is 117 Å². The predicted molar refractivity (Wildman–Crippen MR) is 74.0 cm³/mol. The second kappa shape index (κ2) is 6.20. The van der Waals surface area contributed by atoms with E-state index >= 15 is 0 Å². The van der Waals surface area contributed by atoms with E-state index in [0.29, 0.717) is 5.92 Å². The highest BCUT2D eigenvalue weighted by molar-refractivity contribution is 5.95. The summed E-state index contributed by atoms with van der Waals surface area (Å²) in [6.45, 7) is 2.07. The SMILES string of the molecule is CCC1CCCCC1Oc1c(F)cc(C(=N)N)cc1F. The van der Waals surface area contributed by atoms with E-state index in [9.17, 15) is 8.78 Å². The van der Waals surface area contributed by atoms with E-state index in [0.717, 1.165) is 44.2 Å². The Morgan fingerprint density at radius 3 is 2.45 bits per heavy atom. The van der Waals surface area contributed by atoms with Gasteiger partial charge in [-0.1, -0.05) is 13.3 Å². The first-order valence-corrected chi connectivity index (χ1v) is 7.03. The molecule has 0 amide bonds. The zero-order valence-electron chi connectivity index (χ0n) is 11.6. The molecule has 3 N–H and O–H groups in total. The van der Waals surface area contributed by atoms with Crippen molar-refractivity contribution in [3.05, 3.63) is 29.3 Å². The second-order valence-electron chi connectivity index (χ2n) is 5.29. The van der Waals surface area contributed by atoms with Gasteiger partial charge in [0.25, 0.3) is 0 Å². The number of halogens is 2. The summed E-state index contributed by atoms with van der Waals surface area (Å²) in [6, 6.07) is 2.09. The maximum Gasteiger partial charge on any atom is 0.191 e. The molecule has 2 unspecified atom stereocenters. The van der Waals surface area contributed by atoms with Gasteiger partial charge in [-0.3, -0.25) is 5.41 Å². The van der Waals surface area contributed by atoms with Crippen LogP contribution in [0.3, 0.4) is 0 Å². The van der Waals surface area contributed by atoms with Gasteiger partial charge in [-0.2, -0.15) is 0 Å². The average molecular weight is 282 g/mol. The lowest BCUT2D eigenvalue weighted by molar-refractivity contribution is 0.0819. The number of benzene rings is 1. The minimum atomic E-state index is -0.796. The standard InChI is InChI=1S/C15H20F2N2O/c1-2-9-5-3-4-6-13(9)20-14-11(16)7-10(15(18)19)8-12(14)17/h7-9,13H,2-6H2,1H3,(H3,18,19). The summed E-state index contributed by atoms with van der Waals surface area (Å²) in [5, 5.41) is 7.22. The summed E-state index contributed by atoms with van der Waals surface area (Å²) in [6.07, 6.45) is 4.84. The molecule has 2 atom stereocenters. The van der Waals surface area contributed by atoms with Crippen LogP contribution < -0.4 is 10.5 Å². The molecule has 110 valence electrons. The summed E-state index contributed by atoms with van der Waals surface area (Å²) in [7, 11) is 0. The van der Waals surface area contributed by atoms with E-state index in [1.807, 2.05) is 0 Å². The molecule has 0 bridgehead atoms. The van der Waals surface area contributed by atoms with Crippen molar-refractivity contribution in [3.8, 4) is 5.75 Å². The monoisotopic (exact) mass is 282 g/mol. The van der Waals surface area contributed by atoms with Crippen molar-refractivity contribution in [1.82, 2.24) is 0 Å². The Morgan fingerprint density at radius 1 is 1.30 bits per heavy atom. The van der Waals surface area contributed by atoms with Crippen molar-refractivity contribution < 1.29 is 13.5 Å². The first-order chi connectivity index (χ1) is 9.52. The fourth-order valence-electron chi connectivity index (χ4n) is 2.78. The van der Waals surface area contributed by atoms with Gasteiger partial charge in [0, 0.05) is 5.56 Å². The summed E-state index contributed by atoms with van der Waals surface area (Å²) >= 11 is 0. The maximum atomic E-state index is 13.9. The molecule has 20 heavy (non-hydrogen) atoms. The number of rotatable bonds is 4. The third kappa shape index (κ3) is 3.08. The number of ether oxygens (including phenoxy) is 1. The fraction of sp³-hybridized carbons (Fsp3) is 0.533. The van der Waals surface area contributed by atoms with Gasteiger partial charge in [-0.25, -0.2) is 8.78 Å². The second-order valence-corrected chi connectivity index (χ2v) is 5.29. The van der Waals surface area contributed by atoms with Gasteiger partial charge >= 0.3 is 0 Å². The predicted octanol–water partition coefficient (Wildman–Crippen LogP) is 3.60. The highest BCUT2D eigenvalue weighted by atomic mass is 19.1. The molecule has 0 radical (unpaired) electrons. The smallest absolute Gasteiger partial charge is 0.191 e. The molecule has 0 heterocycles. The van der Waals surface area contributed by atoms with Crippen LogP contribution in [-0.4, -0.2) is 11.9 Å². The topological polar surface area (TPSA) is 59.1 Å². The molecule has 1 aromatic carbocycles. The van der Waals surface area contributed by atoms with Gasteiger partial charge in [-0.05, 0) is 43.7 Å². The molecular weight excluding hydrogens is 262 g/mol. The van der Waals surface area contributed by atoms with Crippen LogP contribution in [0.1, 0.15) is 44.6 Å². The van der Waals surface area contributed by atoms with Gasteiger partial charge in [0.15, 0.2) is 17.4 Å². The van der Waals surface area contributed by atoms with Gasteiger partial charge in [0.2, 0.25) is 0 Å². The largest absolute Gasteiger partial charge is 0.484 e. The molecule has 3 nitrogen and oxygen atoms in total. The van der Waals surface area contributed by atoms with Crippen LogP contribution in [0, 0.1) is 23.0 Å². The van der Waals surface area contributed by atoms with Crippen LogP contribution in [0.15, 0.2) is 12.1 Å². The first kappa shape index (κ1) is 14.8. The van der Waals surface area contributed by atoms with Crippen molar-refractivity contribution in [2.24, 2.45) is 11.7 Å². The Balaban J connectivity index is 2.22. The van der Waals surface area contributed by atoms with Gasteiger partial charge < -0.3 is 10.5 Å². The van der Waals surface area contributed by atoms with E-state index in [-0.39, 0.29) is 23.3 Å². The zero-order valence-corrected chi connectivity index (χ0v) is 11.6. The molecule has 1 aromatic rings. The van der Waals surface area contributed by atoms with Crippen molar-refractivity contribution in [2.45, 2.75) is 45.1 Å². The average Bonchev–Trinajstić information content (AvgIpc) is 2.42. The molecule has 5 heteroatoms. The molecule has 1 aliphatic carbocycles. The number of amidine groups is 1. The van der Waals surface area contributed by atoms with Crippen LogP contribution in [0.2, 0.25) is 0 Å². The lowest BCUT2D eigenvalue weighted by atomic mass is 9.85. The number of nitrogens with one attached hydrogen (secondary N) is 1. The zero-order chi connectivity index (χ0) is 14.7. The molecular formula is C15H20F2N2O. The highest BCUT2D eigenvalue weighted by Gasteiger charge is 2.27. The van der Waals surface area contributed by atoms with Crippen molar-refractivity contribution in [2.75, 3.05) is 0 Å². The van der Waals surface area contributed by atoms with Crippen LogP contribution in [-0.2, 0) is 0 Å². The van der Waals surface area contributed by atoms with Gasteiger partial charge in [0.05, 0.1) is 0 Å². The Morgan fingerprint density at radius 2 is 1.90 bits per heavy atom. The fourth-order valence-corrected chi connectivity index (χ4v) is 2.78. The summed E-state index contributed by atoms with van der Waals surface area (Å²) in [5.41, 5.74) is 5.27. The molecule has 1 aliphatic rings.